The molecule has 5 rings (SSSR count). The van der Waals surface area contributed by atoms with Crippen molar-refractivity contribution in [3.8, 4) is 16.9 Å². The summed E-state index contributed by atoms with van der Waals surface area (Å²) in [7, 11) is 1.57. The minimum absolute atomic E-state index is 0. The summed E-state index contributed by atoms with van der Waals surface area (Å²) in [6.45, 7) is 0.243. The number of hydrogen-bond acceptors (Lipinski definition) is 5. The molecule has 194 valence electrons. The molecule has 4 aromatic carbocycles. The molecule has 0 bridgehead atoms. The highest BCUT2D eigenvalue weighted by Crippen LogP contribution is 2.44. The van der Waals surface area contributed by atoms with E-state index in [-0.39, 0.29) is 31.5 Å². The molecule has 0 heterocycles. The van der Waals surface area contributed by atoms with Crippen molar-refractivity contribution < 1.29 is 23.8 Å². The molecule has 0 saturated carbocycles. The van der Waals surface area contributed by atoms with E-state index < -0.39 is 18.1 Å². The zero-order chi connectivity index (χ0) is 25.6. The number of benzene rings is 4. The van der Waals surface area contributed by atoms with Crippen LogP contribution >= 0.6 is 12.4 Å². The molecule has 1 aliphatic carbocycles. The molecule has 0 aromatic heterocycles. The van der Waals surface area contributed by atoms with Crippen LogP contribution in [0.3, 0.4) is 0 Å². The van der Waals surface area contributed by atoms with Gasteiger partial charge in [-0.3, -0.25) is 0 Å². The average Bonchev–Trinajstić information content (AvgIpc) is 3.28. The maximum Gasteiger partial charge on any atom is 0.408 e. The van der Waals surface area contributed by atoms with Crippen LogP contribution < -0.4 is 10.1 Å². The SMILES string of the molecule is COc1ccc([C@@H](NC(=O)OCC2c3ccccc3-c3ccccc32)C(=O)OCc2ccccc2)cc1.Cl. The van der Waals surface area contributed by atoms with Crippen molar-refractivity contribution in [2.45, 2.75) is 18.6 Å². The largest absolute Gasteiger partial charge is 0.497 e. The summed E-state index contributed by atoms with van der Waals surface area (Å²) in [6.07, 6.45) is -0.695. The second-order valence-electron chi connectivity index (χ2n) is 8.77. The van der Waals surface area contributed by atoms with Gasteiger partial charge in [0.15, 0.2) is 6.04 Å². The Bertz CT molecular complexity index is 1350. The fraction of sp³-hybridized carbons (Fsp3) is 0.161. The number of fused-ring (bicyclic) bond motifs is 3. The van der Waals surface area contributed by atoms with Crippen molar-refractivity contribution >= 4 is 24.5 Å². The van der Waals surface area contributed by atoms with Gasteiger partial charge in [-0.05, 0) is 45.5 Å². The highest BCUT2D eigenvalue weighted by molar-refractivity contribution is 5.85. The molecule has 0 unspecified atom stereocenters. The summed E-state index contributed by atoms with van der Waals surface area (Å²) >= 11 is 0. The van der Waals surface area contributed by atoms with Gasteiger partial charge in [0.25, 0.3) is 0 Å². The third-order valence-electron chi connectivity index (χ3n) is 6.51. The number of halogens is 1. The maximum absolute atomic E-state index is 13.1. The van der Waals surface area contributed by atoms with Gasteiger partial charge in [-0.2, -0.15) is 0 Å². The Labute approximate surface area is 228 Å². The summed E-state index contributed by atoms with van der Waals surface area (Å²) < 4.78 is 16.4. The molecule has 0 spiro atoms. The summed E-state index contributed by atoms with van der Waals surface area (Å²) in [6, 6.07) is 31.5. The lowest BCUT2D eigenvalue weighted by Crippen LogP contribution is -2.35. The van der Waals surface area contributed by atoms with Gasteiger partial charge in [0.2, 0.25) is 0 Å². The fourth-order valence-corrected chi connectivity index (χ4v) is 4.64. The van der Waals surface area contributed by atoms with E-state index in [9.17, 15) is 9.59 Å². The van der Waals surface area contributed by atoms with Crippen LogP contribution in [0.15, 0.2) is 103 Å². The molecule has 38 heavy (non-hydrogen) atoms. The van der Waals surface area contributed by atoms with E-state index in [1.54, 1.807) is 31.4 Å². The molecule has 0 aliphatic heterocycles. The summed E-state index contributed by atoms with van der Waals surface area (Å²) in [5, 5.41) is 2.70. The normalized spacial score (nSPS) is 12.3. The lowest BCUT2D eigenvalue weighted by molar-refractivity contribution is -0.147. The van der Waals surface area contributed by atoms with Crippen LogP contribution in [-0.4, -0.2) is 25.8 Å². The van der Waals surface area contributed by atoms with Gasteiger partial charge in [0, 0.05) is 5.92 Å². The Morgan fingerprint density at radius 1 is 0.763 bits per heavy atom. The van der Waals surface area contributed by atoms with Gasteiger partial charge >= 0.3 is 12.1 Å². The number of carbonyl (C=O) groups is 2. The van der Waals surface area contributed by atoms with Crippen molar-refractivity contribution in [2.24, 2.45) is 0 Å². The molecular formula is C31H28ClNO5. The third kappa shape index (κ3) is 5.82. The van der Waals surface area contributed by atoms with Crippen molar-refractivity contribution in [3.63, 3.8) is 0 Å². The van der Waals surface area contributed by atoms with E-state index in [1.165, 1.54) is 0 Å². The van der Waals surface area contributed by atoms with Gasteiger partial charge in [0.05, 0.1) is 7.11 Å². The average molecular weight is 530 g/mol. The topological polar surface area (TPSA) is 73.9 Å². The molecule has 0 saturated heterocycles. The summed E-state index contributed by atoms with van der Waals surface area (Å²) in [5.41, 5.74) is 5.94. The fourth-order valence-electron chi connectivity index (χ4n) is 4.64. The van der Waals surface area contributed by atoms with Crippen LogP contribution in [0.4, 0.5) is 4.79 Å². The zero-order valence-corrected chi connectivity index (χ0v) is 21.6. The number of hydrogen-bond donors (Lipinski definition) is 1. The molecule has 4 aromatic rings. The molecule has 0 radical (unpaired) electrons. The second kappa shape index (κ2) is 12.3. The van der Waals surface area contributed by atoms with Gasteiger partial charge in [0.1, 0.15) is 19.0 Å². The molecule has 6 nitrogen and oxygen atoms in total. The Balaban J connectivity index is 0.00000336. The van der Waals surface area contributed by atoms with Crippen molar-refractivity contribution in [1.82, 2.24) is 5.32 Å². The minimum Gasteiger partial charge on any atom is -0.497 e. The van der Waals surface area contributed by atoms with E-state index in [0.29, 0.717) is 11.3 Å². The Hall–Kier alpha value is -4.29. The molecule has 1 N–H and O–H groups in total. The molecule has 1 aliphatic rings. The van der Waals surface area contributed by atoms with Gasteiger partial charge in [-0.15, -0.1) is 12.4 Å². The van der Waals surface area contributed by atoms with Crippen LogP contribution in [0.5, 0.6) is 5.75 Å². The minimum atomic E-state index is -1.04. The zero-order valence-electron chi connectivity index (χ0n) is 20.8. The first-order chi connectivity index (χ1) is 18.1. The summed E-state index contributed by atoms with van der Waals surface area (Å²) in [5.74, 6) is -0.0218. The Kier molecular flexibility index (Phi) is 8.66. The van der Waals surface area contributed by atoms with Crippen LogP contribution in [0.25, 0.3) is 11.1 Å². The number of esters is 1. The second-order valence-corrected chi connectivity index (χ2v) is 8.77. The highest BCUT2D eigenvalue weighted by Gasteiger charge is 2.30. The Morgan fingerprint density at radius 3 is 1.95 bits per heavy atom. The van der Waals surface area contributed by atoms with Crippen LogP contribution in [-0.2, 0) is 20.9 Å². The number of nitrogens with one attached hydrogen (secondary N) is 1. The van der Waals surface area contributed by atoms with E-state index in [4.69, 9.17) is 14.2 Å². The molecule has 1 atom stereocenters. The van der Waals surface area contributed by atoms with Gasteiger partial charge < -0.3 is 19.5 Å². The smallest absolute Gasteiger partial charge is 0.408 e. The first kappa shape index (κ1) is 26.8. The van der Waals surface area contributed by atoms with Gasteiger partial charge in [-0.25, -0.2) is 9.59 Å². The van der Waals surface area contributed by atoms with E-state index in [2.05, 4.69) is 29.6 Å². The number of methoxy groups -OCH3 is 1. The van der Waals surface area contributed by atoms with Crippen molar-refractivity contribution in [1.29, 1.82) is 0 Å². The lowest BCUT2D eigenvalue weighted by Gasteiger charge is -2.20. The van der Waals surface area contributed by atoms with Crippen LogP contribution in [0.1, 0.15) is 34.2 Å². The van der Waals surface area contributed by atoms with Crippen molar-refractivity contribution in [3.05, 3.63) is 125 Å². The van der Waals surface area contributed by atoms with Gasteiger partial charge in [-0.1, -0.05) is 91.0 Å². The Morgan fingerprint density at radius 2 is 1.34 bits per heavy atom. The van der Waals surface area contributed by atoms with E-state index >= 15 is 0 Å². The number of rotatable bonds is 8. The van der Waals surface area contributed by atoms with Crippen LogP contribution in [0.2, 0.25) is 0 Å². The monoisotopic (exact) mass is 529 g/mol. The first-order valence-corrected chi connectivity index (χ1v) is 12.1. The van der Waals surface area contributed by atoms with E-state index in [0.717, 1.165) is 27.8 Å². The highest BCUT2D eigenvalue weighted by atomic mass is 35.5. The number of alkyl carbamates (subject to hydrolysis) is 1. The third-order valence-corrected chi connectivity index (χ3v) is 6.51. The first-order valence-electron chi connectivity index (χ1n) is 12.1. The molecule has 1 amide bonds. The van der Waals surface area contributed by atoms with Crippen molar-refractivity contribution in [2.75, 3.05) is 13.7 Å². The lowest BCUT2D eigenvalue weighted by atomic mass is 9.98. The van der Waals surface area contributed by atoms with Crippen LogP contribution in [0, 0.1) is 0 Å². The number of ether oxygens (including phenoxy) is 3. The van der Waals surface area contributed by atoms with E-state index in [1.807, 2.05) is 54.6 Å². The standard InChI is InChI=1S/C31H27NO5.ClH/c1-35-23-17-15-22(16-18-23)29(30(33)36-19-21-9-3-2-4-10-21)32-31(34)37-20-28-26-13-7-5-11-24(26)25-12-6-8-14-27(25)28;/h2-18,28-29H,19-20H2,1H3,(H,32,34);1H/t29-;/m1./s1. The molecule has 7 heteroatoms. The quantitative estimate of drug-likeness (QED) is 0.266. The predicted octanol–water partition coefficient (Wildman–Crippen LogP) is 6.44. The predicted molar refractivity (Wildman–Crippen MR) is 147 cm³/mol. The number of amides is 1. The number of carbonyl (C=O) groups excluding carboxylic acids is 2. The summed E-state index contributed by atoms with van der Waals surface area (Å²) in [4.78, 5) is 26.0. The molecular weight excluding hydrogens is 502 g/mol. The molecule has 0 fully saturated rings. The maximum atomic E-state index is 13.1.